The maximum Gasteiger partial charge on any atom is 0.312 e. The first-order chi connectivity index (χ1) is 11.9. The summed E-state index contributed by atoms with van der Waals surface area (Å²) in [5, 5.41) is 0.563. The Labute approximate surface area is 151 Å². The van der Waals surface area contributed by atoms with Crippen LogP contribution in [0, 0.1) is 17.8 Å². The summed E-state index contributed by atoms with van der Waals surface area (Å²) >= 11 is 6.06. The Morgan fingerprint density at radius 1 is 1.48 bits per heavy atom. The smallest absolute Gasteiger partial charge is 0.312 e. The zero-order valence-electron chi connectivity index (χ0n) is 14.1. The summed E-state index contributed by atoms with van der Waals surface area (Å²) < 4.78 is 11.5. The predicted octanol–water partition coefficient (Wildman–Crippen LogP) is 2.83. The monoisotopic (exact) mass is 361 g/mol. The number of benzene rings is 1. The molecule has 0 radical (unpaired) electrons. The Morgan fingerprint density at radius 3 is 3.00 bits per heavy atom. The number of carbonyl (C=O) groups excluding carboxylic acids is 2. The molecule has 2 bridgehead atoms. The molecule has 1 amide bonds. The van der Waals surface area contributed by atoms with Crippen LogP contribution in [0.15, 0.2) is 36.4 Å². The van der Waals surface area contributed by atoms with Gasteiger partial charge in [-0.15, -0.1) is 0 Å². The molecule has 132 valence electrons. The van der Waals surface area contributed by atoms with E-state index in [2.05, 4.69) is 0 Å². The van der Waals surface area contributed by atoms with Gasteiger partial charge in [0.15, 0.2) is 0 Å². The van der Waals surface area contributed by atoms with Crippen molar-refractivity contribution in [1.29, 1.82) is 0 Å². The van der Waals surface area contributed by atoms with Crippen LogP contribution < -0.4 is 4.90 Å². The molecule has 1 aromatic rings. The molecule has 6 heteroatoms. The molecule has 1 spiro atoms. The molecule has 2 saturated heterocycles. The van der Waals surface area contributed by atoms with Gasteiger partial charge in [-0.1, -0.05) is 43.7 Å². The van der Waals surface area contributed by atoms with Gasteiger partial charge >= 0.3 is 5.97 Å². The largest absolute Gasteiger partial charge is 0.465 e. The quantitative estimate of drug-likeness (QED) is 0.611. The second-order valence-corrected chi connectivity index (χ2v) is 7.76. The topological polar surface area (TPSA) is 55.8 Å². The number of carbonyl (C=O) groups is 2. The number of fused-ring (bicyclic) bond motifs is 1. The fourth-order valence-electron chi connectivity index (χ4n) is 3.97. The van der Waals surface area contributed by atoms with E-state index in [1.807, 2.05) is 32.1 Å². The highest BCUT2D eigenvalue weighted by atomic mass is 35.5. The van der Waals surface area contributed by atoms with Crippen LogP contribution in [0.4, 0.5) is 5.69 Å². The first-order valence-electron chi connectivity index (χ1n) is 8.52. The summed E-state index contributed by atoms with van der Waals surface area (Å²) in [6.07, 6.45) is 3.43. The maximum absolute atomic E-state index is 13.1. The fourth-order valence-corrected chi connectivity index (χ4v) is 4.16. The Morgan fingerprint density at radius 2 is 2.28 bits per heavy atom. The van der Waals surface area contributed by atoms with E-state index < -0.39 is 17.4 Å². The van der Waals surface area contributed by atoms with Crippen LogP contribution in [0.5, 0.6) is 0 Å². The third-order valence-electron chi connectivity index (χ3n) is 5.05. The lowest BCUT2D eigenvalue weighted by Crippen LogP contribution is -2.40. The first kappa shape index (κ1) is 16.6. The zero-order chi connectivity index (χ0) is 17.8. The Balaban J connectivity index is 1.62. The molecule has 2 fully saturated rings. The molecule has 0 N–H and O–H groups in total. The SMILES string of the molecule is CC(C)COC(=O)[C@H]1[C@@H]2C=C[C@]3(CN(c4cccc(Cl)c4)C(=O)[C@H]13)O2. The van der Waals surface area contributed by atoms with E-state index in [9.17, 15) is 9.59 Å². The average molecular weight is 362 g/mol. The molecule has 4 rings (SSSR count). The van der Waals surface area contributed by atoms with Crippen LogP contribution in [-0.2, 0) is 19.1 Å². The number of amides is 1. The molecule has 5 nitrogen and oxygen atoms in total. The molecule has 3 aliphatic heterocycles. The first-order valence-corrected chi connectivity index (χ1v) is 8.90. The normalized spacial score (nSPS) is 32.6. The summed E-state index contributed by atoms with van der Waals surface area (Å²) in [6.45, 7) is 4.69. The van der Waals surface area contributed by atoms with Crippen molar-refractivity contribution in [1.82, 2.24) is 0 Å². The van der Waals surface area contributed by atoms with Crippen molar-refractivity contribution >= 4 is 29.2 Å². The van der Waals surface area contributed by atoms with Gasteiger partial charge in [-0.2, -0.15) is 0 Å². The molecule has 0 saturated carbocycles. The minimum atomic E-state index is -0.744. The summed E-state index contributed by atoms with van der Waals surface area (Å²) in [5.41, 5.74) is -0.0259. The van der Waals surface area contributed by atoms with Gasteiger partial charge in [-0.25, -0.2) is 0 Å². The van der Waals surface area contributed by atoms with Crippen LogP contribution in [-0.4, -0.2) is 36.7 Å². The van der Waals surface area contributed by atoms with Crippen molar-refractivity contribution in [2.45, 2.75) is 25.6 Å². The molecule has 0 aliphatic carbocycles. The van der Waals surface area contributed by atoms with Gasteiger partial charge < -0.3 is 14.4 Å². The Hall–Kier alpha value is -1.85. The van der Waals surface area contributed by atoms with E-state index >= 15 is 0 Å². The van der Waals surface area contributed by atoms with Crippen molar-refractivity contribution in [3.63, 3.8) is 0 Å². The minimum absolute atomic E-state index is 0.111. The van der Waals surface area contributed by atoms with E-state index in [-0.39, 0.29) is 23.9 Å². The second-order valence-electron chi connectivity index (χ2n) is 7.33. The van der Waals surface area contributed by atoms with Gasteiger partial charge in [-0.05, 0) is 24.1 Å². The third-order valence-corrected chi connectivity index (χ3v) is 5.29. The summed E-state index contributed by atoms with van der Waals surface area (Å²) in [5.74, 6) is -1.34. The van der Waals surface area contributed by atoms with Crippen LogP contribution in [0.2, 0.25) is 5.02 Å². The van der Waals surface area contributed by atoms with Gasteiger partial charge in [0.05, 0.1) is 25.2 Å². The van der Waals surface area contributed by atoms with E-state index in [0.717, 1.165) is 5.69 Å². The lowest BCUT2D eigenvalue weighted by Gasteiger charge is -2.23. The van der Waals surface area contributed by atoms with E-state index in [1.54, 1.807) is 23.1 Å². The molecule has 4 atom stereocenters. The lowest BCUT2D eigenvalue weighted by molar-refractivity contribution is -0.153. The van der Waals surface area contributed by atoms with Crippen molar-refractivity contribution in [2.75, 3.05) is 18.1 Å². The van der Waals surface area contributed by atoms with Gasteiger partial charge in [0.2, 0.25) is 5.91 Å². The summed E-state index contributed by atoms with van der Waals surface area (Å²) in [7, 11) is 0. The predicted molar refractivity (Wildman–Crippen MR) is 93.3 cm³/mol. The molecule has 0 unspecified atom stereocenters. The Kier molecular flexibility index (Phi) is 3.89. The van der Waals surface area contributed by atoms with Gasteiger partial charge in [0.25, 0.3) is 0 Å². The molecule has 1 aromatic carbocycles. The molecule has 3 aliphatic rings. The molecule has 0 aromatic heterocycles. The second kappa shape index (κ2) is 5.85. The van der Waals surface area contributed by atoms with Crippen LogP contribution in [0.1, 0.15) is 13.8 Å². The highest BCUT2D eigenvalue weighted by Gasteiger charge is 2.67. The number of ether oxygens (including phenoxy) is 2. The molecular formula is C19H20ClNO4. The van der Waals surface area contributed by atoms with E-state index in [0.29, 0.717) is 18.2 Å². The highest BCUT2D eigenvalue weighted by molar-refractivity contribution is 6.31. The zero-order valence-corrected chi connectivity index (χ0v) is 14.9. The summed E-state index contributed by atoms with van der Waals surface area (Å²) in [6, 6.07) is 7.15. The number of rotatable bonds is 4. The van der Waals surface area contributed by atoms with Crippen molar-refractivity contribution in [3.05, 3.63) is 41.4 Å². The number of anilines is 1. The average Bonchev–Trinajstić information content (AvgIpc) is 3.21. The highest BCUT2D eigenvalue weighted by Crippen LogP contribution is 2.53. The van der Waals surface area contributed by atoms with E-state index in [4.69, 9.17) is 21.1 Å². The summed E-state index contributed by atoms with van der Waals surface area (Å²) in [4.78, 5) is 27.3. The van der Waals surface area contributed by atoms with Gasteiger partial charge in [-0.3, -0.25) is 9.59 Å². The number of esters is 1. The minimum Gasteiger partial charge on any atom is -0.465 e. The molecular weight excluding hydrogens is 342 g/mol. The number of nitrogens with zero attached hydrogens (tertiary/aromatic N) is 1. The maximum atomic E-state index is 13.1. The number of hydrogen-bond donors (Lipinski definition) is 0. The van der Waals surface area contributed by atoms with Crippen LogP contribution >= 0.6 is 11.6 Å². The molecule has 25 heavy (non-hydrogen) atoms. The van der Waals surface area contributed by atoms with E-state index in [1.165, 1.54) is 0 Å². The number of halogens is 1. The Bertz CT molecular complexity index is 762. The molecule has 3 heterocycles. The van der Waals surface area contributed by atoms with Crippen molar-refractivity contribution in [3.8, 4) is 0 Å². The standard InChI is InChI=1S/C19H20ClNO4/c1-11(2)9-24-18(23)15-14-6-7-19(25-14)10-21(17(22)16(15)19)13-5-3-4-12(20)8-13/h3-8,11,14-16H,9-10H2,1-2H3/t14-,15-,16-,19+/m0/s1. The van der Waals surface area contributed by atoms with Gasteiger partial charge in [0, 0.05) is 10.7 Å². The lowest BCUT2D eigenvalue weighted by atomic mass is 9.77. The van der Waals surface area contributed by atoms with Crippen LogP contribution in [0.25, 0.3) is 0 Å². The van der Waals surface area contributed by atoms with Crippen molar-refractivity contribution in [2.24, 2.45) is 17.8 Å². The van der Waals surface area contributed by atoms with Gasteiger partial charge in [0.1, 0.15) is 11.5 Å². The van der Waals surface area contributed by atoms with Crippen molar-refractivity contribution < 1.29 is 19.1 Å². The number of hydrogen-bond acceptors (Lipinski definition) is 4. The van der Waals surface area contributed by atoms with Crippen LogP contribution in [0.3, 0.4) is 0 Å². The third kappa shape index (κ3) is 2.57. The fraction of sp³-hybridized carbons (Fsp3) is 0.474.